The molecule has 0 aliphatic carbocycles. The van der Waals surface area contributed by atoms with E-state index >= 15 is 0 Å². The van der Waals surface area contributed by atoms with Gasteiger partial charge in [0.1, 0.15) is 0 Å². The van der Waals surface area contributed by atoms with E-state index in [1.54, 1.807) is 0 Å². The van der Waals surface area contributed by atoms with E-state index in [0.717, 1.165) is 21.7 Å². The number of hydrogen-bond donors (Lipinski definition) is 1. The highest BCUT2D eigenvalue weighted by Crippen LogP contribution is 2.30. The summed E-state index contributed by atoms with van der Waals surface area (Å²) < 4.78 is 0. The molecule has 0 atom stereocenters. The Kier molecular flexibility index (Phi) is 3.38. The second-order valence-corrected chi connectivity index (χ2v) is 5.47. The van der Waals surface area contributed by atoms with Crippen LogP contribution in [0, 0.1) is 13.8 Å². The van der Waals surface area contributed by atoms with Crippen molar-refractivity contribution in [2.24, 2.45) is 0 Å². The summed E-state index contributed by atoms with van der Waals surface area (Å²) in [7, 11) is -1.21. The first-order valence-corrected chi connectivity index (χ1v) is 6.60. The molecule has 0 aliphatic rings. The molecule has 2 rings (SSSR count). The van der Waals surface area contributed by atoms with E-state index in [1.807, 2.05) is 62.4 Å². The summed E-state index contributed by atoms with van der Waals surface area (Å²) in [5, 5.41) is 2.10. The van der Waals surface area contributed by atoms with E-state index in [2.05, 4.69) is 0 Å². The Balaban J connectivity index is 2.44. The van der Waals surface area contributed by atoms with E-state index in [0.29, 0.717) is 0 Å². The maximum Gasteiger partial charge on any atom is 0.0882 e. The van der Waals surface area contributed by atoms with Gasteiger partial charge in [-0.2, -0.15) is 0 Å². The predicted octanol–water partition coefficient (Wildman–Crippen LogP) is 2.64. The average molecular weight is 230 g/mol. The maximum atomic E-state index is 10.4. The molecular formula is C14H15OP. The van der Waals surface area contributed by atoms with Gasteiger partial charge in [-0.15, -0.1) is 0 Å². The Morgan fingerprint density at radius 3 is 1.50 bits per heavy atom. The molecule has 0 aromatic heterocycles. The summed E-state index contributed by atoms with van der Waals surface area (Å²) in [5.41, 5.74) is 2.30. The van der Waals surface area contributed by atoms with Crippen LogP contribution in [-0.2, 0) is 0 Å². The maximum absolute atomic E-state index is 10.4. The van der Waals surface area contributed by atoms with Gasteiger partial charge in [0.25, 0.3) is 0 Å². The van der Waals surface area contributed by atoms with Crippen LogP contribution in [0.2, 0.25) is 0 Å². The molecule has 2 aromatic rings. The van der Waals surface area contributed by atoms with Crippen molar-refractivity contribution in [2.45, 2.75) is 13.8 Å². The van der Waals surface area contributed by atoms with Crippen LogP contribution < -0.4 is 10.6 Å². The monoisotopic (exact) mass is 230 g/mol. The summed E-state index contributed by atoms with van der Waals surface area (Å²) in [5.74, 6) is 0. The second-order valence-electron chi connectivity index (χ2n) is 3.88. The molecule has 1 nitrogen and oxygen atoms in total. The zero-order valence-corrected chi connectivity index (χ0v) is 10.4. The van der Waals surface area contributed by atoms with Crippen LogP contribution in [0.25, 0.3) is 0 Å². The Labute approximate surface area is 97.6 Å². The van der Waals surface area contributed by atoms with Gasteiger partial charge in [0.2, 0.25) is 0 Å². The van der Waals surface area contributed by atoms with E-state index in [4.69, 9.17) is 0 Å². The van der Waals surface area contributed by atoms with Gasteiger partial charge in [-0.05, 0) is 25.0 Å². The van der Waals surface area contributed by atoms with Gasteiger partial charge in [-0.1, -0.05) is 48.5 Å². The van der Waals surface area contributed by atoms with Crippen molar-refractivity contribution >= 4 is 18.8 Å². The van der Waals surface area contributed by atoms with Crippen LogP contribution in [-0.4, -0.2) is 4.89 Å². The summed E-state index contributed by atoms with van der Waals surface area (Å²) in [6.07, 6.45) is 0. The first-order valence-electron chi connectivity index (χ1n) is 5.30. The quantitative estimate of drug-likeness (QED) is 0.786. The topological polar surface area (TPSA) is 20.2 Å². The molecule has 2 heteroatoms. The van der Waals surface area contributed by atoms with Crippen molar-refractivity contribution in [1.82, 2.24) is 0 Å². The van der Waals surface area contributed by atoms with Gasteiger partial charge in [0, 0.05) is 10.6 Å². The smallest absolute Gasteiger partial charge is 0.0882 e. The Hall–Kier alpha value is -1.17. The van der Waals surface area contributed by atoms with Crippen LogP contribution >= 0.6 is 8.15 Å². The van der Waals surface area contributed by atoms with Crippen molar-refractivity contribution in [1.29, 1.82) is 0 Å². The summed E-state index contributed by atoms with van der Waals surface area (Å²) >= 11 is 0. The first-order chi connectivity index (χ1) is 7.70. The zero-order valence-electron chi connectivity index (χ0n) is 9.51. The third-order valence-electron chi connectivity index (χ3n) is 2.69. The van der Waals surface area contributed by atoms with Gasteiger partial charge in [0.05, 0.1) is 8.15 Å². The Bertz CT molecular complexity index is 448. The molecule has 82 valence electrons. The number of benzene rings is 2. The molecule has 0 heterocycles. The van der Waals surface area contributed by atoms with Crippen LogP contribution in [0.5, 0.6) is 0 Å². The molecular weight excluding hydrogens is 215 g/mol. The van der Waals surface area contributed by atoms with E-state index < -0.39 is 8.15 Å². The zero-order chi connectivity index (χ0) is 11.5. The van der Waals surface area contributed by atoms with E-state index in [9.17, 15) is 4.89 Å². The third kappa shape index (κ3) is 2.16. The van der Waals surface area contributed by atoms with E-state index in [-0.39, 0.29) is 0 Å². The van der Waals surface area contributed by atoms with Crippen molar-refractivity contribution in [3.05, 3.63) is 59.7 Å². The molecule has 0 saturated carbocycles. The highest BCUT2D eigenvalue weighted by Gasteiger charge is 2.14. The van der Waals surface area contributed by atoms with Crippen LogP contribution in [0.1, 0.15) is 11.1 Å². The number of rotatable bonds is 2. The Morgan fingerprint density at radius 2 is 1.12 bits per heavy atom. The van der Waals surface area contributed by atoms with Crippen molar-refractivity contribution < 1.29 is 4.89 Å². The number of hydrogen-bond acceptors (Lipinski definition) is 1. The lowest BCUT2D eigenvalue weighted by Gasteiger charge is -2.15. The fourth-order valence-corrected chi connectivity index (χ4v) is 3.26. The predicted molar refractivity (Wildman–Crippen MR) is 70.8 cm³/mol. The average Bonchev–Trinajstić information content (AvgIpc) is 2.29. The summed E-state index contributed by atoms with van der Waals surface area (Å²) in [6, 6.07) is 16.1. The standard InChI is InChI=1S/C14H15OP/c1-11-7-3-5-9-13(11)16(15)14-10-6-4-8-12(14)2/h3-10,15H,1-2H3. The highest BCUT2D eigenvalue weighted by molar-refractivity contribution is 7.67. The Morgan fingerprint density at radius 1 is 0.750 bits per heavy atom. The van der Waals surface area contributed by atoms with Crippen LogP contribution in [0.15, 0.2) is 48.5 Å². The fraction of sp³-hybridized carbons (Fsp3) is 0.143. The normalized spacial score (nSPS) is 10.8. The van der Waals surface area contributed by atoms with E-state index in [1.165, 1.54) is 0 Å². The minimum atomic E-state index is -1.21. The lowest BCUT2D eigenvalue weighted by molar-refractivity contribution is 0.644. The summed E-state index contributed by atoms with van der Waals surface area (Å²) in [6.45, 7) is 4.08. The minimum Gasteiger partial charge on any atom is -0.364 e. The fourth-order valence-electron chi connectivity index (χ4n) is 1.73. The molecule has 2 aromatic carbocycles. The molecule has 0 aliphatic heterocycles. The SMILES string of the molecule is Cc1ccccc1P(O)c1ccccc1C. The molecule has 0 saturated heterocycles. The summed E-state index contributed by atoms with van der Waals surface area (Å²) in [4.78, 5) is 10.4. The highest BCUT2D eigenvalue weighted by atomic mass is 31.1. The largest absolute Gasteiger partial charge is 0.364 e. The molecule has 0 unspecified atom stereocenters. The molecule has 1 N–H and O–H groups in total. The lowest BCUT2D eigenvalue weighted by atomic mass is 10.2. The van der Waals surface area contributed by atoms with Crippen LogP contribution in [0.3, 0.4) is 0 Å². The molecule has 0 bridgehead atoms. The van der Waals surface area contributed by atoms with Gasteiger partial charge >= 0.3 is 0 Å². The molecule has 0 radical (unpaired) electrons. The minimum absolute atomic E-state index is 1.05. The lowest BCUT2D eigenvalue weighted by Crippen LogP contribution is -2.15. The molecule has 0 fully saturated rings. The third-order valence-corrected chi connectivity index (χ3v) is 4.60. The van der Waals surface area contributed by atoms with Gasteiger partial charge in [-0.3, -0.25) is 0 Å². The van der Waals surface area contributed by atoms with Crippen molar-refractivity contribution in [3.63, 3.8) is 0 Å². The van der Waals surface area contributed by atoms with Crippen LogP contribution in [0.4, 0.5) is 0 Å². The van der Waals surface area contributed by atoms with Gasteiger partial charge in [0.15, 0.2) is 0 Å². The van der Waals surface area contributed by atoms with Crippen molar-refractivity contribution in [3.8, 4) is 0 Å². The molecule has 0 spiro atoms. The van der Waals surface area contributed by atoms with Crippen molar-refractivity contribution in [2.75, 3.05) is 0 Å². The molecule has 0 amide bonds. The number of aryl methyl sites for hydroxylation is 2. The second kappa shape index (κ2) is 4.78. The molecule has 16 heavy (non-hydrogen) atoms. The first kappa shape index (κ1) is 11.3. The van der Waals surface area contributed by atoms with Gasteiger partial charge < -0.3 is 4.89 Å². The van der Waals surface area contributed by atoms with Gasteiger partial charge in [-0.25, -0.2) is 0 Å².